The summed E-state index contributed by atoms with van der Waals surface area (Å²) in [5.74, 6) is -0.185. The van der Waals surface area contributed by atoms with Gasteiger partial charge in [0, 0.05) is 5.92 Å². The fourth-order valence-electron chi connectivity index (χ4n) is 2.18. The number of halogens is 1. The molecule has 96 valence electrons. The van der Waals surface area contributed by atoms with E-state index in [9.17, 15) is 9.18 Å². The van der Waals surface area contributed by atoms with Crippen molar-refractivity contribution >= 4 is 12.1 Å². The van der Waals surface area contributed by atoms with E-state index in [0.29, 0.717) is 0 Å². The monoisotopic (exact) mass is 248 g/mol. The second-order valence-electron chi connectivity index (χ2n) is 4.62. The molecule has 3 nitrogen and oxygen atoms in total. The smallest absolute Gasteiger partial charge is 0.243 e. The van der Waals surface area contributed by atoms with Gasteiger partial charge in [-0.3, -0.25) is 4.79 Å². The summed E-state index contributed by atoms with van der Waals surface area (Å²) in [5.41, 5.74) is 3.32. The van der Waals surface area contributed by atoms with Crippen molar-refractivity contribution in [2.24, 2.45) is 11.0 Å². The summed E-state index contributed by atoms with van der Waals surface area (Å²) in [6, 6.07) is 5.96. The van der Waals surface area contributed by atoms with Crippen LogP contribution in [0.4, 0.5) is 4.39 Å². The van der Waals surface area contributed by atoms with Crippen LogP contribution in [0.3, 0.4) is 0 Å². The van der Waals surface area contributed by atoms with Gasteiger partial charge < -0.3 is 0 Å². The maximum absolute atomic E-state index is 12.7. The first-order chi connectivity index (χ1) is 8.75. The topological polar surface area (TPSA) is 41.5 Å². The highest BCUT2D eigenvalue weighted by Gasteiger charge is 2.20. The van der Waals surface area contributed by atoms with Crippen LogP contribution in [0.15, 0.2) is 29.4 Å². The number of hydrogen-bond acceptors (Lipinski definition) is 2. The lowest BCUT2D eigenvalue weighted by Crippen LogP contribution is -2.28. The third kappa shape index (κ3) is 3.65. The van der Waals surface area contributed by atoms with Crippen LogP contribution >= 0.6 is 0 Å². The Labute approximate surface area is 106 Å². The summed E-state index contributed by atoms with van der Waals surface area (Å²) in [6.07, 6.45) is 6.91. The largest absolute Gasteiger partial charge is 0.273 e. The second kappa shape index (κ2) is 6.28. The molecule has 0 atom stereocenters. The lowest BCUT2D eigenvalue weighted by Gasteiger charge is -2.19. The maximum atomic E-state index is 12.7. The van der Waals surface area contributed by atoms with Gasteiger partial charge in [0.05, 0.1) is 6.21 Å². The van der Waals surface area contributed by atoms with Crippen molar-refractivity contribution in [2.75, 3.05) is 0 Å². The number of carbonyl (C=O) groups excluding carboxylic acids is 1. The molecule has 1 aliphatic rings. The molecular weight excluding hydrogens is 231 g/mol. The third-order valence-corrected chi connectivity index (χ3v) is 3.23. The molecule has 1 N–H and O–H groups in total. The summed E-state index contributed by atoms with van der Waals surface area (Å²) >= 11 is 0. The van der Waals surface area contributed by atoms with E-state index in [1.54, 1.807) is 12.1 Å². The standard InChI is InChI=1S/C14H17FN2O/c15-13-8-6-11(7-9-13)10-16-17-14(18)12-4-2-1-3-5-12/h6-10,12H,1-5H2,(H,17,18)/b16-10-. The van der Waals surface area contributed by atoms with E-state index in [0.717, 1.165) is 31.2 Å². The van der Waals surface area contributed by atoms with Gasteiger partial charge in [-0.25, -0.2) is 9.82 Å². The first kappa shape index (κ1) is 12.7. The van der Waals surface area contributed by atoms with Gasteiger partial charge in [0.1, 0.15) is 5.82 Å². The second-order valence-corrected chi connectivity index (χ2v) is 4.62. The van der Waals surface area contributed by atoms with Gasteiger partial charge >= 0.3 is 0 Å². The highest BCUT2D eigenvalue weighted by molar-refractivity contribution is 5.83. The summed E-state index contributed by atoms with van der Waals surface area (Å²) in [5, 5.41) is 3.90. The van der Waals surface area contributed by atoms with Gasteiger partial charge in [0.2, 0.25) is 5.91 Å². The molecule has 0 aromatic heterocycles. The number of amides is 1. The van der Waals surface area contributed by atoms with E-state index in [-0.39, 0.29) is 17.6 Å². The average molecular weight is 248 g/mol. The van der Waals surface area contributed by atoms with Gasteiger partial charge in [-0.2, -0.15) is 5.10 Å². The van der Waals surface area contributed by atoms with Crippen molar-refractivity contribution in [1.82, 2.24) is 5.43 Å². The van der Waals surface area contributed by atoms with Crippen molar-refractivity contribution in [3.63, 3.8) is 0 Å². The van der Waals surface area contributed by atoms with Crippen molar-refractivity contribution in [1.29, 1.82) is 0 Å². The molecule has 1 saturated carbocycles. The van der Waals surface area contributed by atoms with Crippen LogP contribution in [-0.4, -0.2) is 12.1 Å². The molecule has 0 spiro atoms. The molecule has 0 saturated heterocycles. The highest BCUT2D eigenvalue weighted by Crippen LogP contribution is 2.23. The molecule has 1 aromatic carbocycles. The highest BCUT2D eigenvalue weighted by atomic mass is 19.1. The van der Waals surface area contributed by atoms with Crippen molar-refractivity contribution < 1.29 is 9.18 Å². The fraction of sp³-hybridized carbons (Fsp3) is 0.429. The predicted molar refractivity (Wildman–Crippen MR) is 68.7 cm³/mol. The number of rotatable bonds is 3. The number of nitrogens with one attached hydrogen (secondary N) is 1. The molecule has 18 heavy (non-hydrogen) atoms. The number of nitrogens with zero attached hydrogens (tertiary/aromatic N) is 1. The van der Waals surface area contributed by atoms with Gasteiger partial charge in [-0.1, -0.05) is 31.4 Å². The Morgan fingerprint density at radius 2 is 1.89 bits per heavy atom. The molecule has 1 amide bonds. The predicted octanol–water partition coefficient (Wildman–Crippen LogP) is 2.86. The SMILES string of the molecule is O=C(N/N=C\c1ccc(F)cc1)C1CCCCC1. The Morgan fingerprint density at radius 1 is 1.22 bits per heavy atom. The molecule has 0 heterocycles. The van der Waals surface area contributed by atoms with Crippen LogP contribution in [-0.2, 0) is 4.79 Å². The van der Waals surface area contributed by atoms with Crippen molar-refractivity contribution in [2.45, 2.75) is 32.1 Å². The van der Waals surface area contributed by atoms with E-state index in [4.69, 9.17) is 0 Å². The van der Waals surface area contributed by atoms with Crippen molar-refractivity contribution in [3.8, 4) is 0 Å². The van der Waals surface area contributed by atoms with Gasteiger partial charge in [0.25, 0.3) is 0 Å². The molecule has 1 fully saturated rings. The zero-order valence-electron chi connectivity index (χ0n) is 10.2. The molecule has 4 heteroatoms. The molecular formula is C14H17FN2O. The van der Waals surface area contributed by atoms with Gasteiger partial charge in [0.15, 0.2) is 0 Å². The Hall–Kier alpha value is -1.71. The Morgan fingerprint density at radius 3 is 2.56 bits per heavy atom. The number of benzene rings is 1. The Balaban J connectivity index is 1.83. The zero-order valence-corrected chi connectivity index (χ0v) is 10.2. The van der Waals surface area contributed by atoms with Gasteiger partial charge in [-0.05, 0) is 30.5 Å². The molecule has 0 radical (unpaired) electrons. The van der Waals surface area contributed by atoms with Crippen LogP contribution in [0.25, 0.3) is 0 Å². The Kier molecular flexibility index (Phi) is 4.45. The number of hydrogen-bond donors (Lipinski definition) is 1. The summed E-state index contributed by atoms with van der Waals surface area (Å²) < 4.78 is 12.7. The van der Waals surface area contributed by atoms with E-state index >= 15 is 0 Å². The van der Waals surface area contributed by atoms with Crippen molar-refractivity contribution in [3.05, 3.63) is 35.6 Å². The molecule has 1 aliphatic carbocycles. The van der Waals surface area contributed by atoms with Gasteiger partial charge in [-0.15, -0.1) is 0 Å². The van der Waals surface area contributed by atoms with E-state index in [1.165, 1.54) is 24.8 Å². The number of hydrazone groups is 1. The first-order valence-electron chi connectivity index (χ1n) is 6.34. The summed E-state index contributed by atoms with van der Waals surface area (Å²) in [7, 11) is 0. The maximum Gasteiger partial charge on any atom is 0.243 e. The normalized spacial score (nSPS) is 16.9. The first-order valence-corrected chi connectivity index (χ1v) is 6.34. The Bertz CT molecular complexity index is 422. The van der Waals surface area contributed by atoms with Crippen LogP contribution in [0, 0.1) is 11.7 Å². The molecule has 1 aromatic rings. The molecule has 0 bridgehead atoms. The van der Waals surface area contributed by atoms with E-state index in [1.807, 2.05) is 0 Å². The average Bonchev–Trinajstić information content (AvgIpc) is 2.42. The fourth-order valence-corrected chi connectivity index (χ4v) is 2.18. The lowest BCUT2D eigenvalue weighted by atomic mass is 9.89. The summed E-state index contributed by atoms with van der Waals surface area (Å²) in [4.78, 5) is 11.8. The van der Waals surface area contributed by atoms with Crippen LogP contribution < -0.4 is 5.43 Å². The minimum atomic E-state index is -0.279. The molecule has 0 aliphatic heterocycles. The minimum Gasteiger partial charge on any atom is -0.273 e. The van der Waals surface area contributed by atoms with Crippen LogP contribution in [0.5, 0.6) is 0 Å². The number of carbonyl (C=O) groups is 1. The molecule has 2 rings (SSSR count). The van der Waals surface area contributed by atoms with Crippen LogP contribution in [0.2, 0.25) is 0 Å². The van der Waals surface area contributed by atoms with E-state index in [2.05, 4.69) is 10.5 Å². The minimum absolute atomic E-state index is 0.00642. The van der Waals surface area contributed by atoms with Crippen LogP contribution in [0.1, 0.15) is 37.7 Å². The lowest BCUT2D eigenvalue weighted by molar-refractivity contribution is -0.125. The van der Waals surface area contributed by atoms with E-state index < -0.39 is 0 Å². The quantitative estimate of drug-likeness (QED) is 0.648. The summed E-state index contributed by atoms with van der Waals surface area (Å²) in [6.45, 7) is 0. The zero-order chi connectivity index (χ0) is 12.8. The third-order valence-electron chi connectivity index (χ3n) is 3.23. The molecule has 0 unspecified atom stereocenters.